The van der Waals surface area contributed by atoms with Crippen molar-refractivity contribution in [2.75, 3.05) is 47.5 Å². The quantitative estimate of drug-likeness (QED) is 0.0195. The first kappa shape index (κ1) is 72.0. The fraction of sp³-hybridized carbons (Fsp3) is 0.803. The third-order valence-electron chi connectivity index (χ3n) is 13.8. The lowest BCUT2D eigenvalue weighted by Crippen LogP contribution is -2.44. The summed E-state index contributed by atoms with van der Waals surface area (Å²) in [6, 6.07) is 0. The molecule has 75 heavy (non-hydrogen) atoms. The van der Waals surface area contributed by atoms with Crippen molar-refractivity contribution in [2.24, 2.45) is 0 Å². The molecule has 0 aromatic heterocycles. The lowest BCUT2D eigenvalue weighted by Gasteiger charge is -2.26. The number of allylic oxidation sites excluding steroid dienone is 10. The molecule has 0 fully saturated rings. The number of hydrogen-bond acceptors (Lipinski definition) is 8. The highest BCUT2D eigenvalue weighted by molar-refractivity contribution is 5.70. The fourth-order valence-corrected chi connectivity index (χ4v) is 8.98. The molecule has 0 heterocycles. The Kier molecular flexibility index (Phi) is 54.9. The van der Waals surface area contributed by atoms with Crippen molar-refractivity contribution in [3.05, 3.63) is 60.8 Å². The van der Waals surface area contributed by atoms with Crippen molar-refractivity contribution >= 4 is 17.9 Å². The average Bonchev–Trinajstić information content (AvgIpc) is 3.38. The SMILES string of the molecule is CC/C=C\C/C=C\C/C=C\C/C=C\C/C=C\CCCCCCCC(=O)OC(COC(=O)CCCCCCCCCCCCCCCCCCCCCCCCCCCCCCC)COC(OCC[N+](C)(C)C)C(=O)[O-]. The van der Waals surface area contributed by atoms with Gasteiger partial charge < -0.3 is 33.3 Å². The van der Waals surface area contributed by atoms with Crippen LogP contribution in [0.3, 0.4) is 0 Å². The Morgan fingerprint density at radius 1 is 0.413 bits per heavy atom. The van der Waals surface area contributed by atoms with Crippen LogP contribution in [-0.2, 0) is 33.3 Å². The van der Waals surface area contributed by atoms with Gasteiger partial charge in [-0.25, -0.2) is 0 Å². The summed E-state index contributed by atoms with van der Waals surface area (Å²) in [7, 11) is 5.92. The van der Waals surface area contributed by atoms with Crippen LogP contribution < -0.4 is 5.11 Å². The van der Waals surface area contributed by atoms with Gasteiger partial charge in [-0.05, 0) is 57.8 Å². The number of unbranched alkanes of at least 4 members (excludes halogenated alkanes) is 33. The minimum atomic E-state index is -1.63. The summed E-state index contributed by atoms with van der Waals surface area (Å²) >= 11 is 0. The highest BCUT2D eigenvalue weighted by Gasteiger charge is 2.22. The van der Waals surface area contributed by atoms with Gasteiger partial charge in [0.2, 0.25) is 0 Å². The van der Waals surface area contributed by atoms with Crippen molar-refractivity contribution in [1.29, 1.82) is 0 Å². The van der Waals surface area contributed by atoms with Gasteiger partial charge in [-0.1, -0.05) is 274 Å². The Morgan fingerprint density at radius 3 is 1.13 bits per heavy atom. The maximum absolute atomic E-state index is 12.9. The van der Waals surface area contributed by atoms with E-state index in [1.165, 1.54) is 167 Å². The van der Waals surface area contributed by atoms with E-state index in [4.69, 9.17) is 18.9 Å². The van der Waals surface area contributed by atoms with Crippen molar-refractivity contribution < 1.29 is 42.9 Å². The molecule has 0 spiro atoms. The van der Waals surface area contributed by atoms with Gasteiger partial charge in [0.25, 0.3) is 0 Å². The first-order valence-electron chi connectivity index (χ1n) is 31.4. The standard InChI is InChI=1S/C66H119NO8/c1-6-8-10-12-14-16-18-20-22-24-26-28-29-30-31-32-33-34-35-37-38-40-42-44-46-48-50-52-54-56-63(68)73-60-62(61-74-66(65(70)71)72-59-58-67(3,4)5)75-64(69)57-55-53-51-49-47-45-43-41-39-36-27-25-23-21-19-17-15-13-11-9-7-2/h9,11,15,17,21,23,27,36,41,43,62,66H,6-8,10,12-14,16,18-20,22,24-26,28-35,37-40,42,44-61H2,1-5H3/b11-9-,17-15-,23-21-,36-27-,43-41-. The number of carboxylic acids is 1. The number of esters is 2. The number of carbonyl (C=O) groups is 3. The lowest BCUT2D eigenvalue weighted by atomic mass is 10.0. The van der Waals surface area contributed by atoms with E-state index in [1.54, 1.807) is 0 Å². The average molecular weight is 1050 g/mol. The molecule has 0 bridgehead atoms. The van der Waals surface area contributed by atoms with E-state index >= 15 is 0 Å². The van der Waals surface area contributed by atoms with E-state index in [0.717, 1.165) is 83.5 Å². The van der Waals surface area contributed by atoms with Crippen LogP contribution in [0.15, 0.2) is 60.8 Å². The molecule has 0 rings (SSSR count). The summed E-state index contributed by atoms with van der Waals surface area (Å²) in [6.07, 6.45) is 70.0. The number of rotatable bonds is 58. The van der Waals surface area contributed by atoms with E-state index in [1.807, 2.05) is 21.1 Å². The van der Waals surface area contributed by atoms with Crippen LogP contribution in [0.1, 0.15) is 284 Å². The van der Waals surface area contributed by atoms with Crippen LogP contribution in [0.4, 0.5) is 0 Å². The zero-order chi connectivity index (χ0) is 54.8. The maximum Gasteiger partial charge on any atom is 0.306 e. The number of nitrogens with zero attached hydrogens (tertiary/aromatic N) is 1. The Hall–Kier alpha value is -3.01. The molecular weight excluding hydrogens is 935 g/mol. The summed E-state index contributed by atoms with van der Waals surface area (Å²) < 4.78 is 22.7. The molecule has 2 unspecified atom stereocenters. The number of carbonyl (C=O) groups excluding carboxylic acids is 3. The van der Waals surface area contributed by atoms with Crippen LogP contribution in [0.25, 0.3) is 0 Å². The van der Waals surface area contributed by atoms with Gasteiger partial charge in [-0.3, -0.25) is 9.59 Å². The molecule has 2 atom stereocenters. The Morgan fingerprint density at radius 2 is 0.760 bits per heavy atom. The molecule has 0 radical (unpaired) electrons. The minimum absolute atomic E-state index is 0.142. The normalized spacial score (nSPS) is 13.1. The Balaban J connectivity index is 4.16. The Bertz CT molecular complexity index is 1410. The van der Waals surface area contributed by atoms with Gasteiger partial charge in [0.1, 0.15) is 13.2 Å². The van der Waals surface area contributed by atoms with E-state index < -0.39 is 24.3 Å². The molecule has 9 nitrogen and oxygen atoms in total. The molecule has 0 aliphatic carbocycles. The molecule has 0 N–H and O–H groups in total. The second-order valence-corrected chi connectivity index (χ2v) is 22.3. The Labute approximate surface area is 463 Å². The number of ether oxygens (including phenoxy) is 4. The largest absolute Gasteiger partial charge is 0.545 e. The predicted octanol–water partition coefficient (Wildman–Crippen LogP) is 17.5. The van der Waals surface area contributed by atoms with Crippen molar-refractivity contribution in [1.82, 2.24) is 0 Å². The van der Waals surface area contributed by atoms with E-state index in [9.17, 15) is 19.5 Å². The summed E-state index contributed by atoms with van der Waals surface area (Å²) in [5, 5.41) is 11.8. The number of aliphatic carboxylic acids is 1. The minimum Gasteiger partial charge on any atom is -0.545 e. The molecule has 0 saturated carbocycles. The van der Waals surface area contributed by atoms with Gasteiger partial charge in [0.15, 0.2) is 12.4 Å². The lowest BCUT2D eigenvalue weighted by molar-refractivity contribution is -0.870. The van der Waals surface area contributed by atoms with Crippen LogP contribution in [0.5, 0.6) is 0 Å². The molecule has 9 heteroatoms. The number of quaternary nitrogens is 1. The van der Waals surface area contributed by atoms with Gasteiger partial charge >= 0.3 is 11.9 Å². The summed E-state index contributed by atoms with van der Waals surface area (Å²) in [5.41, 5.74) is 0. The van der Waals surface area contributed by atoms with Crippen molar-refractivity contribution in [2.45, 2.75) is 296 Å². The van der Waals surface area contributed by atoms with Crippen LogP contribution in [0, 0.1) is 0 Å². The highest BCUT2D eigenvalue weighted by atomic mass is 16.7. The molecule has 436 valence electrons. The molecule has 0 aromatic carbocycles. The summed E-state index contributed by atoms with van der Waals surface area (Å²) in [6.45, 7) is 4.65. The molecule has 0 aliphatic heterocycles. The van der Waals surface area contributed by atoms with Gasteiger partial charge in [0, 0.05) is 12.8 Å². The molecule has 0 aliphatic rings. The number of hydrogen-bond donors (Lipinski definition) is 0. The third-order valence-corrected chi connectivity index (χ3v) is 13.8. The van der Waals surface area contributed by atoms with Crippen LogP contribution in [0.2, 0.25) is 0 Å². The maximum atomic E-state index is 12.9. The second-order valence-electron chi connectivity index (χ2n) is 22.3. The number of likely N-dealkylation sites (N-methyl/N-ethyl adjacent to an activating group) is 1. The molecule has 0 aromatic rings. The van der Waals surface area contributed by atoms with Gasteiger partial charge in [-0.15, -0.1) is 0 Å². The van der Waals surface area contributed by atoms with E-state index in [2.05, 4.69) is 74.6 Å². The first-order chi connectivity index (χ1) is 36.6. The molecule has 0 amide bonds. The highest BCUT2D eigenvalue weighted by Crippen LogP contribution is 2.18. The first-order valence-corrected chi connectivity index (χ1v) is 31.4. The van der Waals surface area contributed by atoms with E-state index in [-0.39, 0.29) is 38.6 Å². The summed E-state index contributed by atoms with van der Waals surface area (Å²) in [4.78, 5) is 37.3. The predicted molar refractivity (Wildman–Crippen MR) is 315 cm³/mol. The summed E-state index contributed by atoms with van der Waals surface area (Å²) in [5.74, 6) is -2.30. The fourth-order valence-electron chi connectivity index (χ4n) is 8.98. The monoisotopic (exact) mass is 1050 g/mol. The van der Waals surface area contributed by atoms with E-state index in [0.29, 0.717) is 17.4 Å². The zero-order valence-corrected chi connectivity index (χ0v) is 49.7. The van der Waals surface area contributed by atoms with Crippen molar-refractivity contribution in [3.63, 3.8) is 0 Å². The molecule has 0 saturated heterocycles. The van der Waals surface area contributed by atoms with Gasteiger partial charge in [-0.2, -0.15) is 0 Å². The smallest absolute Gasteiger partial charge is 0.306 e. The van der Waals surface area contributed by atoms with Crippen LogP contribution >= 0.6 is 0 Å². The van der Waals surface area contributed by atoms with Crippen molar-refractivity contribution in [3.8, 4) is 0 Å². The number of carboxylic acid groups (broad SMARTS) is 1. The second kappa shape index (κ2) is 57.2. The van der Waals surface area contributed by atoms with Gasteiger partial charge in [0.05, 0.1) is 40.3 Å². The third kappa shape index (κ3) is 58.5. The zero-order valence-electron chi connectivity index (χ0n) is 49.7. The topological polar surface area (TPSA) is 111 Å². The molecular formula is C66H119NO8. The van der Waals surface area contributed by atoms with Crippen LogP contribution in [-0.4, -0.2) is 82.3 Å².